The quantitative estimate of drug-likeness (QED) is 0.696. The summed E-state index contributed by atoms with van der Waals surface area (Å²) in [6, 6.07) is 12.9. The van der Waals surface area contributed by atoms with Gasteiger partial charge in [-0.2, -0.15) is 5.26 Å². The van der Waals surface area contributed by atoms with Gasteiger partial charge in [-0.15, -0.1) is 0 Å². The highest BCUT2D eigenvalue weighted by Gasteiger charge is 2.18. The van der Waals surface area contributed by atoms with Gasteiger partial charge in [0, 0.05) is 24.3 Å². The van der Waals surface area contributed by atoms with Crippen molar-refractivity contribution in [2.45, 2.75) is 14.9 Å². The molecule has 3 aromatic rings. The maximum absolute atomic E-state index is 12.7. The standard InChI is InChI=1S/C17H13ClN4O2S2/c1-22-9-8-20-17(22)25-16-5-3-2-4-15(16)21-26(23,24)13-7-6-12(11-19)14(18)10-13/h2-10,21H,1H3. The Hall–Kier alpha value is -2.47. The Morgan fingerprint density at radius 2 is 2.04 bits per heavy atom. The van der Waals surface area contributed by atoms with E-state index >= 15 is 0 Å². The fourth-order valence-corrected chi connectivity index (χ4v) is 4.49. The molecular formula is C17H13ClN4O2S2. The van der Waals surface area contributed by atoms with Gasteiger partial charge >= 0.3 is 0 Å². The molecule has 132 valence electrons. The number of anilines is 1. The molecule has 26 heavy (non-hydrogen) atoms. The highest BCUT2D eigenvalue weighted by molar-refractivity contribution is 7.99. The Kier molecular flexibility index (Phi) is 5.23. The summed E-state index contributed by atoms with van der Waals surface area (Å²) < 4.78 is 29.8. The highest BCUT2D eigenvalue weighted by atomic mass is 35.5. The van der Waals surface area contributed by atoms with Crippen molar-refractivity contribution in [1.29, 1.82) is 5.26 Å². The Morgan fingerprint density at radius 1 is 1.27 bits per heavy atom. The number of hydrogen-bond acceptors (Lipinski definition) is 5. The van der Waals surface area contributed by atoms with E-state index in [4.69, 9.17) is 16.9 Å². The third-order valence-electron chi connectivity index (χ3n) is 3.48. The zero-order chi connectivity index (χ0) is 18.7. The minimum absolute atomic E-state index is 0.0155. The van der Waals surface area contributed by atoms with Gasteiger partial charge in [-0.1, -0.05) is 23.7 Å². The van der Waals surface area contributed by atoms with E-state index in [1.54, 1.807) is 18.3 Å². The largest absolute Gasteiger partial charge is 0.329 e. The van der Waals surface area contributed by atoms with Crippen LogP contribution in [0.3, 0.4) is 0 Å². The van der Waals surface area contributed by atoms with Gasteiger partial charge in [0.15, 0.2) is 5.16 Å². The smallest absolute Gasteiger partial charge is 0.261 e. The van der Waals surface area contributed by atoms with Gasteiger partial charge in [0.1, 0.15) is 6.07 Å². The number of hydrogen-bond donors (Lipinski definition) is 1. The molecule has 0 radical (unpaired) electrons. The van der Waals surface area contributed by atoms with Crippen LogP contribution in [0.5, 0.6) is 0 Å². The number of imidazole rings is 1. The fourth-order valence-electron chi connectivity index (χ4n) is 2.15. The summed E-state index contributed by atoms with van der Waals surface area (Å²) in [6.45, 7) is 0. The van der Waals surface area contributed by atoms with Gasteiger partial charge in [0.2, 0.25) is 0 Å². The second kappa shape index (κ2) is 7.41. The average molecular weight is 405 g/mol. The van der Waals surface area contributed by atoms with Gasteiger partial charge in [-0.25, -0.2) is 13.4 Å². The maximum Gasteiger partial charge on any atom is 0.261 e. The number of sulfonamides is 1. The molecule has 0 aliphatic rings. The van der Waals surface area contributed by atoms with Crippen LogP contribution < -0.4 is 4.72 Å². The van der Waals surface area contributed by atoms with Gasteiger partial charge in [0.25, 0.3) is 10.0 Å². The summed E-state index contributed by atoms with van der Waals surface area (Å²) in [7, 11) is -1.99. The molecular weight excluding hydrogens is 392 g/mol. The monoisotopic (exact) mass is 404 g/mol. The molecule has 0 unspecified atom stereocenters. The van der Waals surface area contributed by atoms with Crippen LogP contribution in [-0.4, -0.2) is 18.0 Å². The lowest BCUT2D eigenvalue weighted by atomic mass is 10.2. The molecule has 0 atom stereocenters. The molecule has 1 N–H and O–H groups in total. The minimum atomic E-state index is -3.86. The highest BCUT2D eigenvalue weighted by Crippen LogP contribution is 2.33. The number of rotatable bonds is 5. The van der Waals surface area contributed by atoms with Crippen molar-refractivity contribution in [3.8, 4) is 6.07 Å². The molecule has 0 spiro atoms. The first kappa shape index (κ1) is 18.3. The molecule has 0 bridgehead atoms. The lowest BCUT2D eigenvalue weighted by Crippen LogP contribution is -2.13. The number of halogens is 1. The number of para-hydroxylation sites is 1. The van der Waals surface area contributed by atoms with Gasteiger partial charge in [-0.3, -0.25) is 4.72 Å². The molecule has 0 saturated heterocycles. The topological polar surface area (TPSA) is 87.8 Å². The van der Waals surface area contributed by atoms with Gasteiger partial charge in [-0.05, 0) is 42.1 Å². The number of aryl methyl sites for hydroxylation is 1. The molecule has 2 aromatic carbocycles. The molecule has 0 fully saturated rings. The van der Waals surface area contributed by atoms with Crippen LogP contribution in [0.2, 0.25) is 5.02 Å². The summed E-state index contributed by atoms with van der Waals surface area (Å²) in [5.74, 6) is 0. The van der Waals surface area contributed by atoms with Crippen LogP contribution in [0.1, 0.15) is 5.56 Å². The van der Waals surface area contributed by atoms with E-state index in [1.165, 1.54) is 30.0 Å². The summed E-state index contributed by atoms with van der Waals surface area (Å²) in [6.07, 6.45) is 3.49. The van der Waals surface area contributed by atoms with E-state index in [9.17, 15) is 8.42 Å². The third-order valence-corrected chi connectivity index (χ3v) is 6.31. The Labute approximate surface area is 160 Å². The fraction of sp³-hybridized carbons (Fsp3) is 0.0588. The summed E-state index contributed by atoms with van der Waals surface area (Å²) in [5, 5.41) is 9.74. The van der Waals surface area contributed by atoms with Crippen molar-refractivity contribution in [3.63, 3.8) is 0 Å². The number of nitriles is 1. The molecule has 0 aliphatic heterocycles. The zero-order valence-electron chi connectivity index (χ0n) is 13.5. The first-order chi connectivity index (χ1) is 12.4. The number of aromatic nitrogens is 2. The van der Waals surface area contributed by atoms with Crippen molar-refractivity contribution >= 4 is 39.1 Å². The Morgan fingerprint density at radius 3 is 2.69 bits per heavy atom. The van der Waals surface area contributed by atoms with Crippen LogP contribution in [-0.2, 0) is 17.1 Å². The van der Waals surface area contributed by atoms with Gasteiger partial charge in [0.05, 0.1) is 21.2 Å². The van der Waals surface area contributed by atoms with Crippen LogP contribution >= 0.6 is 23.4 Å². The van der Waals surface area contributed by atoms with Crippen LogP contribution in [0, 0.1) is 11.3 Å². The van der Waals surface area contributed by atoms with E-state index in [2.05, 4.69) is 9.71 Å². The van der Waals surface area contributed by atoms with E-state index in [0.717, 1.165) is 5.16 Å². The molecule has 0 saturated carbocycles. The van der Waals surface area contributed by atoms with Crippen molar-refractivity contribution in [2.75, 3.05) is 4.72 Å². The van der Waals surface area contributed by atoms with Crippen LogP contribution in [0.25, 0.3) is 0 Å². The van der Waals surface area contributed by atoms with Crippen LogP contribution in [0.15, 0.2) is 69.8 Å². The van der Waals surface area contributed by atoms with E-state index in [-0.39, 0.29) is 15.5 Å². The molecule has 3 rings (SSSR count). The van der Waals surface area contributed by atoms with Crippen molar-refractivity contribution in [3.05, 3.63) is 65.4 Å². The lowest BCUT2D eigenvalue weighted by Gasteiger charge is -2.12. The number of benzene rings is 2. The Balaban J connectivity index is 1.92. The summed E-state index contributed by atoms with van der Waals surface area (Å²) >= 11 is 7.30. The molecule has 6 nitrogen and oxygen atoms in total. The van der Waals surface area contributed by atoms with Crippen molar-refractivity contribution in [1.82, 2.24) is 9.55 Å². The molecule has 1 heterocycles. The molecule has 1 aromatic heterocycles. The van der Waals surface area contributed by atoms with Gasteiger partial charge < -0.3 is 4.57 Å². The second-order valence-electron chi connectivity index (χ2n) is 5.28. The predicted octanol–water partition coefficient (Wildman–Crippen LogP) is 3.90. The van der Waals surface area contributed by atoms with Crippen molar-refractivity contribution in [2.24, 2.45) is 7.05 Å². The normalized spacial score (nSPS) is 11.1. The van der Waals surface area contributed by atoms with Crippen LogP contribution in [0.4, 0.5) is 5.69 Å². The lowest BCUT2D eigenvalue weighted by molar-refractivity contribution is 0.601. The predicted molar refractivity (Wildman–Crippen MR) is 101 cm³/mol. The molecule has 0 amide bonds. The zero-order valence-corrected chi connectivity index (χ0v) is 15.9. The van der Waals surface area contributed by atoms with E-state index in [0.29, 0.717) is 10.6 Å². The average Bonchev–Trinajstić information content (AvgIpc) is 3.01. The molecule has 9 heteroatoms. The second-order valence-corrected chi connectivity index (χ2v) is 8.38. The van der Waals surface area contributed by atoms with E-state index < -0.39 is 10.0 Å². The molecule has 0 aliphatic carbocycles. The Bertz CT molecular complexity index is 1100. The number of nitrogens with zero attached hydrogens (tertiary/aromatic N) is 3. The van der Waals surface area contributed by atoms with E-state index in [1.807, 2.05) is 36.0 Å². The third kappa shape index (κ3) is 3.85. The minimum Gasteiger partial charge on any atom is -0.329 e. The SMILES string of the molecule is Cn1ccnc1Sc1ccccc1NS(=O)(=O)c1ccc(C#N)c(Cl)c1. The number of nitrogens with one attached hydrogen (secondary N) is 1. The first-order valence-electron chi connectivity index (χ1n) is 7.37. The maximum atomic E-state index is 12.7. The summed E-state index contributed by atoms with van der Waals surface area (Å²) in [4.78, 5) is 4.94. The summed E-state index contributed by atoms with van der Waals surface area (Å²) in [5.41, 5.74) is 0.650. The first-order valence-corrected chi connectivity index (χ1v) is 10.0. The van der Waals surface area contributed by atoms with Crippen molar-refractivity contribution < 1.29 is 8.42 Å².